The lowest BCUT2D eigenvalue weighted by atomic mass is 9.96. The molecular formula is C19H18Br2ClN3O. The maximum Gasteiger partial charge on any atom is 0.258 e. The first kappa shape index (κ1) is 19.5. The maximum absolute atomic E-state index is 12.4. The minimum Gasteiger partial charge on any atom is -0.309 e. The highest BCUT2D eigenvalue weighted by Gasteiger charge is 2.16. The number of fused-ring (bicyclic) bond motifs is 1. The topological polar surface area (TPSA) is 57.8 Å². The predicted octanol–water partition coefficient (Wildman–Crippen LogP) is 5.59. The summed E-state index contributed by atoms with van der Waals surface area (Å²) in [6.07, 6.45) is 0. The largest absolute Gasteiger partial charge is 0.309 e. The summed E-state index contributed by atoms with van der Waals surface area (Å²) < 4.78 is 1.62. The summed E-state index contributed by atoms with van der Waals surface area (Å²) in [4.78, 5) is 19.9. The lowest BCUT2D eigenvalue weighted by Gasteiger charge is -2.23. The van der Waals surface area contributed by atoms with Crippen LogP contribution in [-0.4, -0.2) is 9.97 Å². The summed E-state index contributed by atoms with van der Waals surface area (Å²) in [6, 6.07) is 11.6. The molecule has 1 aromatic heterocycles. The number of benzene rings is 2. The molecule has 0 fully saturated rings. The molecule has 1 heterocycles. The Kier molecular flexibility index (Phi) is 6.17. The van der Waals surface area contributed by atoms with Crippen molar-refractivity contribution in [3.05, 3.63) is 72.1 Å². The first-order chi connectivity index (χ1) is 12.3. The van der Waals surface area contributed by atoms with E-state index in [9.17, 15) is 4.79 Å². The molecule has 0 amide bonds. The van der Waals surface area contributed by atoms with Gasteiger partial charge >= 0.3 is 0 Å². The van der Waals surface area contributed by atoms with Crippen molar-refractivity contribution in [2.24, 2.45) is 5.92 Å². The zero-order chi connectivity index (χ0) is 18.8. The molecule has 3 aromatic rings. The van der Waals surface area contributed by atoms with Crippen LogP contribution in [0.5, 0.6) is 0 Å². The Labute approximate surface area is 173 Å². The Morgan fingerprint density at radius 2 is 1.88 bits per heavy atom. The van der Waals surface area contributed by atoms with Crippen molar-refractivity contribution in [1.82, 2.24) is 15.3 Å². The average molecular weight is 500 g/mol. The Bertz CT molecular complexity index is 986. The summed E-state index contributed by atoms with van der Waals surface area (Å²) in [5.41, 5.74) is 1.65. The summed E-state index contributed by atoms with van der Waals surface area (Å²) in [6.45, 7) is 4.76. The van der Waals surface area contributed by atoms with Gasteiger partial charge in [-0.2, -0.15) is 0 Å². The molecule has 4 nitrogen and oxygen atoms in total. The molecule has 26 heavy (non-hydrogen) atoms. The van der Waals surface area contributed by atoms with E-state index >= 15 is 0 Å². The highest BCUT2D eigenvalue weighted by molar-refractivity contribution is 9.11. The second-order valence-corrected chi connectivity index (χ2v) is 8.66. The van der Waals surface area contributed by atoms with Gasteiger partial charge in [0.05, 0.1) is 17.4 Å². The van der Waals surface area contributed by atoms with E-state index in [0.29, 0.717) is 34.2 Å². The van der Waals surface area contributed by atoms with Crippen LogP contribution in [0.15, 0.2) is 50.1 Å². The van der Waals surface area contributed by atoms with Gasteiger partial charge in [0.15, 0.2) is 0 Å². The number of aromatic amines is 1. The van der Waals surface area contributed by atoms with Gasteiger partial charge in [-0.15, -0.1) is 0 Å². The molecule has 0 saturated heterocycles. The van der Waals surface area contributed by atoms with E-state index in [1.165, 1.54) is 0 Å². The quantitative estimate of drug-likeness (QED) is 0.481. The zero-order valence-corrected chi connectivity index (χ0v) is 18.2. The smallest absolute Gasteiger partial charge is 0.258 e. The van der Waals surface area contributed by atoms with Gasteiger partial charge in [0.25, 0.3) is 5.56 Å². The van der Waals surface area contributed by atoms with Crippen LogP contribution in [0.25, 0.3) is 10.9 Å². The highest BCUT2D eigenvalue weighted by Crippen LogP contribution is 2.26. The molecule has 136 valence electrons. The molecule has 1 unspecified atom stereocenters. The number of nitrogens with zero attached hydrogens (tertiary/aromatic N) is 1. The van der Waals surface area contributed by atoms with Crippen molar-refractivity contribution in [2.75, 3.05) is 0 Å². The van der Waals surface area contributed by atoms with Gasteiger partial charge in [0.2, 0.25) is 0 Å². The molecule has 2 N–H and O–H groups in total. The average Bonchev–Trinajstić information content (AvgIpc) is 2.57. The predicted molar refractivity (Wildman–Crippen MR) is 114 cm³/mol. The standard InChI is InChI=1S/C19H18Br2ClN3O/c1-10(2)17(11-3-5-13(22)6-4-11)23-9-16-24-18-14(19(26)25-16)7-12(20)8-15(18)21/h3-8,10,17,23H,9H2,1-2H3,(H,24,25,26). The van der Waals surface area contributed by atoms with Crippen molar-refractivity contribution >= 4 is 54.4 Å². The van der Waals surface area contributed by atoms with Crippen molar-refractivity contribution in [3.63, 3.8) is 0 Å². The fraction of sp³-hybridized carbons (Fsp3) is 0.263. The number of H-pyrrole nitrogens is 1. The third kappa shape index (κ3) is 4.36. The Morgan fingerprint density at radius 3 is 2.54 bits per heavy atom. The molecule has 0 saturated carbocycles. The molecule has 0 aliphatic carbocycles. The summed E-state index contributed by atoms with van der Waals surface area (Å²) in [7, 11) is 0. The molecule has 7 heteroatoms. The molecule has 0 spiro atoms. The van der Waals surface area contributed by atoms with E-state index < -0.39 is 0 Å². The summed E-state index contributed by atoms with van der Waals surface area (Å²) >= 11 is 12.9. The van der Waals surface area contributed by atoms with Crippen LogP contribution >= 0.6 is 43.5 Å². The van der Waals surface area contributed by atoms with Crippen LogP contribution in [0.2, 0.25) is 5.02 Å². The minimum atomic E-state index is -0.151. The number of halogens is 3. The number of hydrogen-bond acceptors (Lipinski definition) is 3. The van der Waals surface area contributed by atoms with E-state index in [4.69, 9.17) is 11.6 Å². The molecule has 0 bridgehead atoms. The fourth-order valence-electron chi connectivity index (χ4n) is 2.91. The van der Waals surface area contributed by atoms with E-state index in [1.807, 2.05) is 30.3 Å². The van der Waals surface area contributed by atoms with Gasteiger partial charge in [-0.25, -0.2) is 4.98 Å². The molecule has 0 aliphatic heterocycles. The van der Waals surface area contributed by atoms with Crippen molar-refractivity contribution in [1.29, 1.82) is 0 Å². The first-order valence-corrected chi connectivity index (χ1v) is 10.2. The number of aromatic nitrogens is 2. The SMILES string of the molecule is CC(C)C(NCc1nc2c(Br)cc(Br)cc2c(=O)[nH]1)c1ccc(Cl)cc1. The molecule has 3 rings (SSSR count). The van der Waals surface area contributed by atoms with E-state index in [0.717, 1.165) is 14.5 Å². The van der Waals surface area contributed by atoms with Gasteiger partial charge in [-0.05, 0) is 51.7 Å². The van der Waals surface area contributed by atoms with Crippen LogP contribution in [0.4, 0.5) is 0 Å². The third-order valence-electron chi connectivity index (χ3n) is 4.16. The molecular weight excluding hydrogens is 481 g/mol. The van der Waals surface area contributed by atoms with E-state index in [2.05, 4.69) is 61.0 Å². The molecule has 0 aliphatic rings. The van der Waals surface area contributed by atoms with Gasteiger partial charge in [-0.3, -0.25) is 4.79 Å². The Morgan fingerprint density at radius 1 is 1.19 bits per heavy atom. The second-order valence-electron chi connectivity index (χ2n) is 6.45. The second kappa shape index (κ2) is 8.21. The summed E-state index contributed by atoms with van der Waals surface area (Å²) in [5, 5.41) is 4.76. The normalized spacial score (nSPS) is 12.7. The monoisotopic (exact) mass is 497 g/mol. The van der Waals surface area contributed by atoms with Crippen LogP contribution < -0.4 is 10.9 Å². The fourth-order valence-corrected chi connectivity index (χ4v) is 4.35. The van der Waals surface area contributed by atoms with Crippen LogP contribution in [0, 0.1) is 5.92 Å². The third-order valence-corrected chi connectivity index (χ3v) is 5.48. The van der Waals surface area contributed by atoms with Gasteiger partial charge in [0, 0.05) is 20.0 Å². The van der Waals surface area contributed by atoms with Crippen LogP contribution in [0.3, 0.4) is 0 Å². The number of hydrogen-bond donors (Lipinski definition) is 2. The molecule has 0 radical (unpaired) electrons. The van der Waals surface area contributed by atoms with Crippen molar-refractivity contribution < 1.29 is 0 Å². The lowest BCUT2D eigenvalue weighted by Crippen LogP contribution is -2.27. The van der Waals surface area contributed by atoms with Crippen molar-refractivity contribution in [3.8, 4) is 0 Å². The van der Waals surface area contributed by atoms with Gasteiger partial charge in [-0.1, -0.05) is 53.5 Å². The Hall–Kier alpha value is -1.21. The van der Waals surface area contributed by atoms with E-state index in [1.54, 1.807) is 6.07 Å². The Balaban J connectivity index is 1.88. The number of nitrogens with one attached hydrogen (secondary N) is 2. The maximum atomic E-state index is 12.4. The molecule has 2 aromatic carbocycles. The van der Waals surface area contributed by atoms with Gasteiger partial charge in [0.1, 0.15) is 5.82 Å². The molecule has 1 atom stereocenters. The number of rotatable bonds is 5. The summed E-state index contributed by atoms with van der Waals surface area (Å²) in [5.74, 6) is 0.969. The van der Waals surface area contributed by atoms with Crippen LogP contribution in [-0.2, 0) is 6.54 Å². The van der Waals surface area contributed by atoms with Gasteiger partial charge < -0.3 is 10.3 Å². The van der Waals surface area contributed by atoms with Crippen LogP contribution in [0.1, 0.15) is 31.3 Å². The van der Waals surface area contributed by atoms with Crippen molar-refractivity contribution in [2.45, 2.75) is 26.4 Å². The minimum absolute atomic E-state index is 0.127. The van der Waals surface area contributed by atoms with E-state index in [-0.39, 0.29) is 11.6 Å². The zero-order valence-electron chi connectivity index (χ0n) is 14.3. The lowest BCUT2D eigenvalue weighted by molar-refractivity contribution is 0.406. The highest BCUT2D eigenvalue weighted by atomic mass is 79.9. The first-order valence-electron chi connectivity index (χ1n) is 8.22.